The normalized spacial score (nSPS) is 19.6. The Morgan fingerprint density at radius 3 is 2.73 bits per heavy atom. The second kappa shape index (κ2) is 7.32. The summed E-state index contributed by atoms with van der Waals surface area (Å²) in [5.74, 6) is -0.0472. The minimum atomic E-state index is -0.454. The molecular formula is C22H24N2O2. The summed E-state index contributed by atoms with van der Waals surface area (Å²) in [6, 6.07) is 15.5. The van der Waals surface area contributed by atoms with E-state index in [9.17, 15) is 9.59 Å². The number of hydrogen-bond donors (Lipinski definition) is 1. The van der Waals surface area contributed by atoms with Crippen LogP contribution in [0.3, 0.4) is 0 Å². The summed E-state index contributed by atoms with van der Waals surface area (Å²) in [6.45, 7) is 1.24. The van der Waals surface area contributed by atoms with Gasteiger partial charge in [0.2, 0.25) is 5.91 Å². The van der Waals surface area contributed by atoms with Crippen molar-refractivity contribution in [3.8, 4) is 0 Å². The lowest BCUT2D eigenvalue weighted by atomic mass is 9.99. The van der Waals surface area contributed by atoms with E-state index in [0.29, 0.717) is 19.5 Å². The van der Waals surface area contributed by atoms with E-state index in [2.05, 4.69) is 11.4 Å². The van der Waals surface area contributed by atoms with E-state index < -0.39 is 6.04 Å². The molecule has 4 nitrogen and oxygen atoms in total. The number of carbonyl (C=O) groups excluding carboxylic acids is 2. The summed E-state index contributed by atoms with van der Waals surface area (Å²) >= 11 is 0. The van der Waals surface area contributed by atoms with Gasteiger partial charge in [-0.1, -0.05) is 42.5 Å². The smallest absolute Gasteiger partial charge is 0.254 e. The molecule has 4 rings (SSSR count). The molecule has 134 valence electrons. The highest BCUT2D eigenvalue weighted by atomic mass is 16.2. The molecule has 2 aromatic rings. The number of nitrogens with zero attached hydrogens (tertiary/aromatic N) is 1. The quantitative estimate of drug-likeness (QED) is 0.927. The van der Waals surface area contributed by atoms with Gasteiger partial charge < -0.3 is 10.2 Å². The molecule has 1 aliphatic heterocycles. The van der Waals surface area contributed by atoms with Crippen molar-refractivity contribution in [3.63, 3.8) is 0 Å². The molecule has 2 aliphatic rings. The van der Waals surface area contributed by atoms with Crippen molar-refractivity contribution in [1.29, 1.82) is 0 Å². The van der Waals surface area contributed by atoms with Gasteiger partial charge in [0.25, 0.3) is 5.91 Å². The van der Waals surface area contributed by atoms with E-state index in [-0.39, 0.29) is 11.8 Å². The Kier molecular flexibility index (Phi) is 4.74. The molecule has 0 radical (unpaired) electrons. The van der Waals surface area contributed by atoms with Crippen LogP contribution in [-0.2, 0) is 24.1 Å². The largest absolute Gasteiger partial charge is 0.354 e. The zero-order chi connectivity index (χ0) is 17.9. The Morgan fingerprint density at radius 2 is 1.88 bits per heavy atom. The number of carbonyl (C=O) groups is 2. The van der Waals surface area contributed by atoms with Crippen LogP contribution in [0.1, 0.15) is 39.9 Å². The van der Waals surface area contributed by atoms with Crippen molar-refractivity contribution in [1.82, 2.24) is 10.2 Å². The minimum absolute atomic E-state index is 0.00160. The summed E-state index contributed by atoms with van der Waals surface area (Å²) < 4.78 is 0. The molecule has 0 bridgehead atoms. The molecule has 26 heavy (non-hydrogen) atoms. The first-order chi connectivity index (χ1) is 12.7. The predicted octanol–water partition coefficient (Wildman–Crippen LogP) is 2.75. The maximum absolute atomic E-state index is 13.4. The lowest BCUT2D eigenvalue weighted by molar-refractivity contribution is -0.124. The number of aryl methyl sites for hydroxylation is 1. The first-order valence-corrected chi connectivity index (χ1v) is 9.47. The molecular weight excluding hydrogens is 324 g/mol. The average Bonchev–Trinajstić information content (AvgIpc) is 3.08. The van der Waals surface area contributed by atoms with Gasteiger partial charge in [-0.25, -0.2) is 0 Å². The van der Waals surface area contributed by atoms with Gasteiger partial charge >= 0.3 is 0 Å². The molecule has 0 saturated carbocycles. The van der Waals surface area contributed by atoms with Crippen LogP contribution in [-0.4, -0.2) is 35.8 Å². The SMILES string of the molecule is O=C1NCCCN(C(=O)c2cccc3c2CCC3)C1Cc1ccccc1. The van der Waals surface area contributed by atoms with Crippen LogP contribution in [0, 0.1) is 0 Å². The Bertz CT molecular complexity index is 816. The fourth-order valence-corrected chi connectivity index (χ4v) is 4.13. The standard InChI is InChI=1S/C22H24N2O2/c25-21-20(15-16-7-2-1-3-8-16)24(14-6-13-23-21)22(26)19-12-5-10-17-9-4-11-18(17)19/h1-3,5,7-8,10,12,20H,4,6,9,11,13-15H2,(H,23,25). The van der Waals surface area contributed by atoms with Crippen LogP contribution in [0.4, 0.5) is 0 Å². The number of rotatable bonds is 3. The van der Waals surface area contributed by atoms with Crippen LogP contribution in [0.5, 0.6) is 0 Å². The van der Waals surface area contributed by atoms with Gasteiger partial charge in [0.1, 0.15) is 6.04 Å². The summed E-state index contributed by atoms with van der Waals surface area (Å²) in [5.41, 5.74) is 4.33. The fraction of sp³-hybridized carbons (Fsp3) is 0.364. The molecule has 1 saturated heterocycles. The molecule has 0 aromatic heterocycles. The molecule has 0 spiro atoms. The van der Waals surface area contributed by atoms with Crippen molar-refractivity contribution in [2.45, 2.75) is 38.1 Å². The highest BCUT2D eigenvalue weighted by Gasteiger charge is 2.33. The molecule has 1 atom stereocenters. The molecule has 1 unspecified atom stereocenters. The minimum Gasteiger partial charge on any atom is -0.354 e. The van der Waals surface area contributed by atoms with Gasteiger partial charge in [0.15, 0.2) is 0 Å². The third kappa shape index (κ3) is 3.24. The summed E-state index contributed by atoms with van der Waals surface area (Å²) in [7, 11) is 0. The first kappa shape index (κ1) is 16.8. The van der Waals surface area contributed by atoms with E-state index in [1.807, 2.05) is 42.5 Å². The van der Waals surface area contributed by atoms with Crippen molar-refractivity contribution in [2.75, 3.05) is 13.1 Å². The van der Waals surface area contributed by atoms with Gasteiger partial charge in [0, 0.05) is 25.1 Å². The van der Waals surface area contributed by atoms with E-state index in [1.165, 1.54) is 11.1 Å². The lowest BCUT2D eigenvalue weighted by Crippen LogP contribution is -2.48. The Morgan fingerprint density at radius 1 is 1.04 bits per heavy atom. The third-order valence-corrected chi connectivity index (χ3v) is 5.46. The second-order valence-electron chi connectivity index (χ2n) is 7.15. The molecule has 1 aliphatic carbocycles. The number of fused-ring (bicyclic) bond motifs is 1. The van der Waals surface area contributed by atoms with Gasteiger partial charge in [-0.05, 0) is 48.4 Å². The fourth-order valence-electron chi connectivity index (χ4n) is 4.13. The van der Waals surface area contributed by atoms with E-state index >= 15 is 0 Å². The first-order valence-electron chi connectivity index (χ1n) is 9.47. The Hall–Kier alpha value is -2.62. The van der Waals surface area contributed by atoms with Crippen molar-refractivity contribution in [3.05, 3.63) is 70.8 Å². The number of nitrogens with one attached hydrogen (secondary N) is 1. The lowest BCUT2D eigenvalue weighted by Gasteiger charge is -2.29. The highest BCUT2D eigenvalue weighted by Crippen LogP contribution is 2.27. The summed E-state index contributed by atoms with van der Waals surface area (Å²) in [6.07, 6.45) is 4.45. The van der Waals surface area contributed by atoms with E-state index in [4.69, 9.17) is 0 Å². The van der Waals surface area contributed by atoms with Crippen molar-refractivity contribution < 1.29 is 9.59 Å². The average molecular weight is 348 g/mol. The second-order valence-corrected chi connectivity index (χ2v) is 7.15. The van der Waals surface area contributed by atoms with E-state index in [1.54, 1.807) is 4.90 Å². The van der Waals surface area contributed by atoms with Gasteiger partial charge in [-0.3, -0.25) is 9.59 Å². The van der Waals surface area contributed by atoms with Crippen LogP contribution >= 0.6 is 0 Å². The predicted molar refractivity (Wildman–Crippen MR) is 101 cm³/mol. The molecule has 1 heterocycles. The molecule has 1 N–H and O–H groups in total. The zero-order valence-electron chi connectivity index (χ0n) is 14.9. The number of amides is 2. The number of hydrogen-bond acceptors (Lipinski definition) is 2. The Labute approximate surface area is 154 Å². The summed E-state index contributed by atoms with van der Waals surface area (Å²) in [5, 5.41) is 2.97. The molecule has 2 amide bonds. The monoisotopic (exact) mass is 348 g/mol. The topological polar surface area (TPSA) is 49.4 Å². The van der Waals surface area contributed by atoms with Gasteiger partial charge in [0.05, 0.1) is 0 Å². The summed E-state index contributed by atoms with van der Waals surface area (Å²) in [4.78, 5) is 27.9. The highest BCUT2D eigenvalue weighted by molar-refractivity contribution is 5.99. The molecule has 1 fully saturated rings. The van der Waals surface area contributed by atoms with E-state index in [0.717, 1.165) is 36.8 Å². The van der Waals surface area contributed by atoms with Crippen LogP contribution in [0.25, 0.3) is 0 Å². The van der Waals surface area contributed by atoms with Crippen LogP contribution in [0.15, 0.2) is 48.5 Å². The molecule has 4 heteroatoms. The van der Waals surface area contributed by atoms with Gasteiger partial charge in [-0.15, -0.1) is 0 Å². The third-order valence-electron chi connectivity index (χ3n) is 5.46. The number of benzene rings is 2. The molecule has 2 aromatic carbocycles. The van der Waals surface area contributed by atoms with Crippen LogP contribution < -0.4 is 5.32 Å². The zero-order valence-corrected chi connectivity index (χ0v) is 14.9. The van der Waals surface area contributed by atoms with Gasteiger partial charge in [-0.2, -0.15) is 0 Å². The maximum Gasteiger partial charge on any atom is 0.254 e. The van der Waals surface area contributed by atoms with Crippen LogP contribution in [0.2, 0.25) is 0 Å². The van der Waals surface area contributed by atoms with Crippen molar-refractivity contribution in [2.24, 2.45) is 0 Å². The Balaban J connectivity index is 1.66. The maximum atomic E-state index is 13.4. The van der Waals surface area contributed by atoms with Crippen molar-refractivity contribution >= 4 is 11.8 Å².